The average molecular weight is 408 g/mol. The first-order valence-corrected chi connectivity index (χ1v) is 8.31. The quantitative estimate of drug-likeness (QED) is 0.246. The van der Waals surface area contributed by atoms with Crippen LogP contribution in [0.2, 0.25) is 15.1 Å². The van der Waals surface area contributed by atoms with Crippen LogP contribution in [0.4, 0.5) is 5.69 Å². The van der Waals surface area contributed by atoms with Gasteiger partial charge in [-0.3, -0.25) is 9.59 Å². The lowest BCUT2D eigenvalue weighted by atomic mass is 10.1. The SMILES string of the molecule is CNC(=O)c1c(Cl)c(Cl)cc(NC=C(C(C)=O)C(=O)OC(C)C)c1Cl. The zero-order valence-electron chi connectivity index (χ0n) is 14.0. The molecule has 0 fully saturated rings. The summed E-state index contributed by atoms with van der Waals surface area (Å²) in [6, 6.07) is 1.38. The van der Waals surface area contributed by atoms with Gasteiger partial charge in [-0.25, -0.2) is 4.79 Å². The van der Waals surface area contributed by atoms with Crippen molar-refractivity contribution in [1.29, 1.82) is 0 Å². The molecule has 1 aromatic carbocycles. The molecule has 9 heteroatoms. The molecule has 0 aliphatic heterocycles. The maximum absolute atomic E-state index is 11.9. The summed E-state index contributed by atoms with van der Waals surface area (Å²) in [5, 5.41) is 5.16. The molecule has 1 aromatic rings. The summed E-state index contributed by atoms with van der Waals surface area (Å²) < 4.78 is 5.00. The van der Waals surface area contributed by atoms with Crippen molar-refractivity contribution >= 4 is 58.1 Å². The molecular formula is C16H17Cl3N2O4. The monoisotopic (exact) mass is 406 g/mol. The number of Topliss-reactive ketones (excluding diaryl/α,β-unsaturated/α-hetero) is 1. The Balaban J connectivity index is 3.29. The van der Waals surface area contributed by atoms with E-state index in [-0.39, 0.29) is 38.0 Å². The van der Waals surface area contributed by atoms with E-state index in [0.717, 1.165) is 6.20 Å². The smallest absolute Gasteiger partial charge is 0.343 e. The van der Waals surface area contributed by atoms with Gasteiger partial charge in [0.25, 0.3) is 5.91 Å². The van der Waals surface area contributed by atoms with Crippen molar-refractivity contribution in [3.05, 3.63) is 38.5 Å². The number of halogens is 3. The molecule has 0 aliphatic rings. The fourth-order valence-electron chi connectivity index (χ4n) is 1.77. The van der Waals surface area contributed by atoms with Crippen LogP contribution in [-0.2, 0) is 14.3 Å². The third-order valence-electron chi connectivity index (χ3n) is 2.92. The van der Waals surface area contributed by atoms with Gasteiger partial charge in [0.2, 0.25) is 0 Å². The highest BCUT2D eigenvalue weighted by molar-refractivity contribution is 6.47. The molecule has 0 bridgehead atoms. The summed E-state index contributed by atoms with van der Waals surface area (Å²) in [5.74, 6) is -1.81. The number of hydrogen-bond acceptors (Lipinski definition) is 5. The highest BCUT2D eigenvalue weighted by Gasteiger charge is 2.21. The zero-order valence-corrected chi connectivity index (χ0v) is 16.3. The molecule has 0 heterocycles. The van der Waals surface area contributed by atoms with E-state index in [2.05, 4.69) is 10.6 Å². The van der Waals surface area contributed by atoms with E-state index in [0.29, 0.717) is 0 Å². The van der Waals surface area contributed by atoms with Crippen molar-refractivity contribution in [2.45, 2.75) is 26.9 Å². The Hall–Kier alpha value is -1.76. The van der Waals surface area contributed by atoms with E-state index in [1.807, 2.05) is 0 Å². The van der Waals surface area contributed by atoms with Gasteiger partial charge < -0.3 is 15.4 Å². The third kappa shape index (κ3) is 5.36. The van der Waals surface area contributed by atoms with Gasteiger partial charge in [0, 0.05) is 13.2 Å². The highest BCUT2D eigenvalue weighted by atomic mass is 35.5. The molecule has 0 spiro atoms. The number of nitrogens with one attached hydrogen (secondary N) is 2. The predicted octanol–water partition coefficient (Wildman–Crippen LogP) is 3.84. The number of amides is 1. The minimum atomic E-state index is -0.780. The fourth-order valence-corrected chi connectivity index (χ4v) is 2.54. The topological polar surface area (TPSA) is 84.5 Å². The minimum Gasteiger partial charge on any atom is -0.459 e. The molecule has 25 heavy (non-hydrogen) atoms. The lowest BCUT2D eigenvalue weighted by Gasteiger charge is -2.13. The van der Waals surface area contributed by atoms with E-state index in [1.54, 1.807) is 13.8 Å². The Morgan fingerprint density at radius 1 is 1.16 bits per heavy atom. The van der Waals surface area contributed by atoms with Crippen molar-refractivity contribution in [3.8, 4) is 0 Å². The number of ketones is 1. The van der Waals surface area contributed by atoms with E-state index in [9.17, 15) is 14.4 Å². The number of ether oxygens (including phenoxy) is 1. The van der Waals surface area contributed by atoms with Crippen LogP contribution < -0.4 is 10.6 Å². The van der Waals surface area contributed by atoms with E-state index in [4.69, 9.17) is 39.5 Å². The van der Waals surface area contributed by atoms with Crippen molar-refractivity contribution in [2.24, 2.45) is 0 Å². The van der Waals surface area contributed by atoms with Crippen LogP contribution >= 0.6 is 34.8 Å². The number of carbonyl (C=O) groups excluding carboxylic acids is 3. The second-order valence-electron chi connectivity index (χ2n) is 5.20. The molecule has 0 aromatic heterocycles. The molecule has 0 saturated carbocycles. The molecule has 1 rings (SSSR count). The molecule has 0 aliphatic carbocycles. The van der Waals surface area contributed by atoms with Crippen LogP contribution in [0.15, 0.2) is 17.8 Å². The average Bonchev–Trinajstić information content (AvgIpc) is 2.51. The number of esters is 1. The summed E-state index contributed by atoms with van der Waals surface area (Å²) in [6.45, 7) is 4.55. The molecule has 0 radical (unpaired) electrons. The predicted molar refractivity (Wildman–Crippen MR) is 98.5 cm³/mol. The van der Waals surface area contributed by atoms with Crippen molar-refractivity contribution in [3.63, 3.8) is 0 Å². The molecule has 136 valence electrons. The summed E-state index contributed by atoms with van der Waals surface area (Å²) in [4.78, 5) is 35.5. The number of rotatable bonds is 6. The van der Waals surface area contributed by atoms with Gasteiger partial charge in [0.15, 0.2) is 5.78 Å². The molecule has 1 amide bonds. The van der Waals surface area contributed by atoms with Crippen molar-refractivity contribution in [2.75, 3.05) is 12.4 Å². The first-order chi connectivity index (χ1) is 11.6. The van der Waals surface area contributed by atoms with Crippen molar-refractivity contribution < 1.29 is 19.1 Å². The number of hydrogen-bond donors (Lipinski definition) is 2. The lowest BCUT2D eigenvalue weighted by Crippen LogP contribution is -2.20. The van der Waals surface area contributed by atoms with Crippen LogP contribution in [0.5, 0.6) is 0 Å². The molecule has 2 N–H and O–H groups in total. The van der Waals surface area contributed by atoms with Crippen molar-refractivity contribution in [1.82, 2.24) is 5.32 Å². The van der Waals surface area contributed by atoms with Crippen LogP contribution in [-0.4, -0.2) is 30.8 Å². The van der Waals surface area contributed by atoms with Gasteiger partial charge in [-0.2, -0.15) is 0 Å². The molecule has 0 saturated heterocycles. The van der Waals surface area contributed by atoms with Gasteiger partial charge in [-0.1, -0.05) is 34.8 Å². The summed E-state index contributed by atoms with van der Waals surface area (Å²) >= 11 is 18.2. The Labute approximate surface area is 160 Å². The van der Waals surface area contributed by atoms with Gasteiger partial charge in [-0.15, -0.1) is 0 Å². The largest absolute Gasteiger partial charge is 0.459 e. The van der Waals surface area contributed by atoms with Crippen LogP contribution in [0.3, 0.4) is 0 Å². The Morgan fingerprint density at radius 2 is 1.76 bits per heavy atom. The standard InChI is InChI=1S/C16H17Cl3N2O4/c1-7(2)25-16(24)9(8(3)22)6-21-11-5-10(17)13(18)12(14(11)19)15(23)20-4/h5-7,21H,1-4H3,(H,20,23). The minimum absolute atomic E-state index is 0.00782. The molecular weight excluding hydrogens is 391 g/mol. The second kappa shape index (κ2) is 9.08. The van der Waals surface area contributed by atoms with E-state index in [1.165, 1.54) is 20.0 Å². The Kier molecular flexibility index (Phi) is 7.73. The summed E-state index contributed by atoms with van der Waals surface area (Å²) in [5.41, 5.74) is -0.0357. The lowest BCUT2D eigenvalue weighted by molar-refractivity contribution is -0.143. The number of anilines is 1. The first kappa shape index (κ1) is 21.3. The number of benzene rings is 1. The Bertz CT molecular complexity index is 745. The fraction of sp³-hybridized carbons (Fsp3) is 0.312. The Morgan fingerprint density at radius 3 is 2.24 bits per heavy atom. The third-order valence-corrected chi connectivity index (χ3v) is 4.10. The first-order valence-electron chi connectivity index (χ1n) is 7.18. The van der Waals surface area contributed by atoms with Crippen LogP contribution in [0, 0.1) is 0 Å². The van der Waals surface area contributed by atoms with Crippen LogP contribution in [0.1, 0.15) is 31.1 Å². The van der Waals surface area contributed by atoms with Crippen LogP contribution in [0.25, 0.3) is 0 Å². The zero-order chi connectivity index (χ0) is 19.3. The maximum atomic E-state index is 11.9. The van der Waals surface area contributed by atoms with E-state index < -0.39 is 17.7 Å². The molecule has 6 nitrogen and oxygen atoms in total. The molecule has 0 atom stereocenters. The van der Waals surface area contributed by atoms with Gasteiger partial charge in [0.1, 0.15) is 5.57 Å². The van der Waals surface area contributed by atoms with Gasteiger partial charge in [-0.05, 0) is 26.8 Å². The normalized spacial score (nSPS) is 11.3. The summed E-state index contributed by atoms with van der Waals surface area (Å²) in [6.07, 6.45) is 0.759. The van der Waals surface area contributed by atoms with Gasteiger partial charge in [0.05, 0.1) is 32.4 Å². The summed E-state index contributed by atoms with van der Waals surface area (Å²) in [7, 11) is 1.42. The number of carbonyl (C=O) groups is 3. The van der Waals surface area contributed by atoms with E-state index >= 15 is 0 Å². The maximum Gasteiger partial charge on any atom is 0.343 e. The second-order valence-corrected chi connectivity index (χ2v) is 6.36. The molecule has 0 unspecified atom stereocenters. The van der Waals surface area contributed by atoms with Gasteiger partial charge >= 0.3 is 5.97 Å². The highest BCUT2D eigenvalue weighted by Crippen LogP contribution is 2.37.